The molecule has 3 heteroatoms. The maximum atomic E-state index is 5.77. The maximum absolute atomic E-state index is 5.77. The molecule has 1 N–H and O–H groups in total. The van der Waals surface area contributed by atoms with Crippen LogP contribution >= 0.6 is 0 Å². The van der Waals surface area contributed by atoms with Gasteiger partial charge in [0.15, 0.2) is 0 Å². The normalized spacial score (nSPS) is 18.9. The number of nitrogens with zero attached hydrogens (tertiary/aromatic N) is 1. The molecule has 0 bridgehead atoms. The van der Waals surface area contributed by atoms with Crippen molar-refractivity contribution in [3.8, 4) is 17.6 Å². The van der Waals surface area contributed by atoms with Crippen molar-refractivity contribution in [2.45, 2.75) is 12.8 Å². The summed E-state index contributed by atoms with van der Waals surface area (Å²) in [6, 6.07) is 6.30. The highest BCUT2D eigenvalue weighted by Gasteiger charge is 2.13. The predicted octanol–water partition coefficient (Wildman–Crippen LogP) is 1.27. The molecular weight excluding hydrogens is 236 g/mol. The number of ether oxygens (including phenoxy) is 1. The van der Waals surface area contributed by atoms with Crippen LogP contribution in [0.5, 0.6) is 5.75 Å². The molecule has 0 unspecified atom stereocenters. The van der Waals surface area contributed by atoms with Crippen LogP contribution in [0, 0.1) is 11.8 Å². The Kier molecular flexibility index (Phi) is 4.02. The quantitative estimate of drug-likeness (QED) is 0.766. The summed E-state index contributed by atoms with van der Waals surface area (Å²) in [7, 11) is 0. The molecule has 19 heavy (non-hydrogen) atoms. The van der Waals surface area contributed by atoms with Crippen molar-refractivity contribution in [2.75, 3.05) is 39.3 Å². The van der Waals surface area contributed by atoms with Crippen LogP contribution in [0.3, 0.4) is 0 Å². The summed E-state index contributed by atoms with van der Waals surface area (Å²) in [5.41, 5.74) is 2.35. The lowest BCUT2D eigenvalue weighted by Crippen LogP contribution is -2.43. The second-order valence-corrected chi connectivity index (χ2v) is 5.07. The summed E-state index contributed by atoms with van der Waals surface area (Å²) in [5, 5.41) is 3.35. The summed E-state index contributed by atoms with van der Waals surface area (Å²) in [6.07, 6.45) is 2.23. The summed E-state index contributed by atoms with van der Waals surface area (Å²) in [6.45, 7) is 6.02. The van der Waals surface area contributed by atoms with E-state index in [2.05, 4.69) is 40.3 Å². The Hall–Kier alpha value is -1.50. The van der Waals surface area contributed by atoms with E-state index in [-0.39, 0.29) is 0 Å². The minimum Gasteiger partial charge on any atom is -0.492 e. The molecule has 1 fully saturated rings. The Morgan fingerprint density at radius 3 is 3.05 bits per heavy atom. The van der Waals surface area contributed by atoms with E-state index in [4.69, 9.17) is 4.74 Å². The lowest BCUT2D eigenvalue weighted by atomic mass is 10.0. The van der Waals surface area contributed by atoms with Crippen molar-refractivity contribution in [3.63, 3.8) is 0 Å². The lowest BCUT2D eigenvalue weighted by molar-refractivity contribution is 0.268. The third-order valence-corrected chi connectivity index (χ3v) is 3.67. The molecule has 2 heterocycles. The van der Waals surface area contributed by atoms with Gasteiger partial charge in [-0.25, -0.2) is 0 Å². The Morgan fingerprint density at radius 2 is 2.16 bits per heavy atom. The van der Waals surface area contributed by atoms with E-state index in [1.165, 1.54) is 5.56 Å². The number of nitrogens with one attached hydrogen (secondary N) is 1. The Morgan fingerprint density at radius 1 is 1.26 bits per heavy atom. The molecule has 3 nitrogen and oxygen atoms in total. The first-order valence-electron chi connectivity index (χ1n) is 7.10. The van der Waals surface area contributed by atoms with Gasteiger partial charge in [-0.15, -0.1) is 0 Å². The summed E-state index contributed by atoms with van der Waals surface area (Å²) >= 11 is 0. The van der Waals surface area contributed by atoms with Gasteiger partial charge in [0.1, 0.15) is 5.75 Å². The molecule has 0 saturated carbocycles. The fourth-order valence-electron chi connectivity index (χ4n) is 2.60. The third-order valence-electron chi connectivity index (χ3n) is 3.67. The average Bonchev–Trinajstić information content (AvgIpc) is 2.49. The highest BCUT2D eigenvalue weighted by Crippen LogP contribution is 2.28. The standard InChI is InChI=1S/C16H20N2O/c1-4-14(16-15(5-1)7-3-13-19-16)6-2-10-18-11-8-17-9-12-18/h1,4-5,17H,3,7-13H2. The van der Waals surface area contributed by atoms with Crippen molar-refractivity contribution in [2.24, 2.45) is 0 Å². The fourth-order valence-corrected chi connectivity index (χ4v) is 2.60. The fraction of sp³-hybridized carbons (Fsp3) is 0.500. The number of rotatable bonds is 1. The van der Waals surface area contributed by atoms with Crippen molar-refractivity contribution in [1.29, 1.82) is 0 Å². The SMILES string of the molecule is C(#Cc1cccc2c1OCCC2)CN1CCNCC1. The molecule has 100 valence electrons. The second-order valence-electron chi connectivity index (χ2n) is 5.07. The zero-order valence-corrected chi connectivity index (χ0v) is 11.2. The minimum atomic E-state index is 0.823. The van der Waals surface area contributed by atoms with Crippen LogP contribution < -0.4 is 10.1 Å². The number of benzene rings is 1. The van der Waals surface area contributed by atoms with Gasteiger partial charge in [0, 0.05) is 26.2 Å². The van der Waals surface area contributed by atoms with Gasteiger partial charge in [-0.05, 0) is 24.5 Å². The topological polar surface area (TPSA) is 24.5 Å². The second kappa shape index (κ2) is 6.10. The van der Waals surface area contributed by atoms with Crippen LogP contribution in [-0.4, -0.2) is 44.2 Å². The van der Waals surface area contributed by atoms with Gasteiger partial charge in [0.25, 0.3) is 0 Å². The summed E-state index contributed by atoms with van der Waals surface area (Å²) < 4.78 is 5.77. The van der Waals surface area contributed by atoms with Crippen molar-refractivity contribution in [3.05, 3.63) is 29.3 Å². The van der Waals surface area contributed by atoms with Crippen LogP contribution in [0.15, 0.2) is 18.2 Å². The molecule has 1 aromatic rings. The number of piperazine rings is 1. The third kappa shape index (κ3) is 3.09. The van der Waals surface area contributed by atoms with Crippen LogP contribution in [-0.2, 0) is 6.42 Å². The van der Waals surface area contributed by atoms with E-state index in [9.17, 15) is 0 Å². The smallest absolute Gasteiger partial charge is 0.138 e. The molecule has 1 saturated heterocycles. The van der Waals surface area contributed by atoms with E-state index in [0.717, 1.165) is 63.5 Å². The minimum absolute atomic E-state index is 0.823. The van der Waals surface area contributed by atoms with Crippen molar-refractivity contribution < 1.29 is 4.74 Å². The first-order chi connectivity index (χ1) is 9.43. The van der Waals surface area contributed by atoms with E-state index < -0.39 is 0 Å². The molecule has 0 amide bonds. The van der Waals surface area contributed by atoms with Gasteiger partial charge >= 0.3 is 0 Å². The highest BCUT2D eigenvalue weighted by atomic mass is 16.5. The molecule has 0 aliphatic carbocycles. The van der Waals surface area contributed by atoms with Crippen LogP contribution in [0.1, 0.15) is 17.5 Å². The van der Waals surface area contributed by atoms with Gasteiger partial charge in [-0.1, -0.05) is 24.0 Å². The Bertz CT molecular complexity index is 495. The predicted molar refractivity (Wildman–Crippen MR) is 76.4 cm³/mol. The molecular formula is C16H20N2O. The Balaban J connectivity index is 1.69. The van der Waals surface area contributed by atoms with Gasteiger partial charge in [-0.3, -0.25) is 4.90 Å². The summed E-state index contributed by atoms with van der Waals surface area (Å²) in [4.78, 5) is 2.39. The maximum Gasteiger partial charge on any atom is 0.138 e. The Labute approximate surface area is 114 Å². The van der Waals surface area contributed by atoms with Crippen molar-refractivity contribution >= 4 is 0 Å². The zero-order valence-electron chi connectivity index (χ0n) is 11.2. The first kappa shape index (κ1) is 12.5. The first-order valence-corrected chi connectivity index (χ1v) is 7.10. The molecule has 0 radical (unpaired) electrons. The molecule has 3 rings (SSSR count). The number of hydrogen-bond acceptors (Lipinski definition) is 3. The number of para-hydroxylation sites is 1. The zero-order chi connectivity index (χ0) is 12.9. The number of fused-ring (bicyclic) bond motifs is 1. The van der Waals surface area contributed by atoms with E-state index >= 15 is 0 Å². The molecule has 0 aromatic heterocycles. The molecule has 2 aliphatic heterocycles. The number of aryl methyl sites for hydroxylation is 1. The number of hydrogen-bond donors (Lipinski definition) is 1. The molecule has 0 spiro atoms. The summed E-state index contributed by atoms with van der Waals surface area (Å²) in [5.74, 6) is 7.59. The molecule has 0 atom stereocenters. The average molecular weight is 256 g/mol. The van der Waals surface area contributed by atoms with Gasteiger partial charge in [-0.2, -0.15) is 0 Å². The highest BCUT2D eigenvalue weighted by molar-refractivity contribution is 5.51. The van der Waals surface area contributed by atoms with Gasteiger partial charge in [0.2, 0.25) is 0 Å². The van der Waals surface area contributed by atoms with Crippen LogP contribution in [0.25, 0.3) is 0 Å². The van der Waals surface area contributed by atoms with E-state index in [1.54, 1.807) is 0 Å². The van der Waals surface area contributed by atoms with Crippen molar-refractivity contribution in [1.82, 2.24) is 10.2 Å². The monoisotopic (exact) mass is 256 g/mol. The van der Waals surface area contributed by atoms with Crippen LogP contribution in [0.4, 0.5) is 0 Å². The van der Waals surface area contributed by atoms with E-state index in [1.807, 2.05) is 0 Å². The lowest BCUT2D eigenvalue weighted by Gasteiger charge is -2.24. The molecule has 1 aromatic carbocycles. The molecule has 2 aliphatic rings. The van der Waals surface area contributed by atoms with Crippen LogP contribution in [0.2, 0.25) is 0 Å². The van der Waals surface area contributed by atoms with E-state index in [0.29, 0.717) is 0 Å². The largest absolute Gasteiger partial charge is 0.492 e. The van der Waals surface area contributed by atoms with Gasteiger partial charge in [0.05, 0.1) is 18.7 Å². The van der Waals surface area contributed by atoms with Gasteiger partial charge < -0.3 is 10.1 Å².